The number of nitrogens with zero attached hydrogens (tertiary/aromatic N) is 2. The van der Waals surface area contributed by atoms with E-state index in [9.17, 15) is 0 Å². The minimum atomic E-state index is 0.450. The molecule has 1 heterocycles. The molecule has 0 saturated carbocycles. The summed E-state index contributed by atoms with van der Waals surface area (Å²) in [5, 5.41) is 0. The van der Waals surface area contributed by atoms with Gasteiger partial charge < -0.3 is 4.74 Å². The SMILES string of the molecule is COc1nc(C)c(C)c(C)n1. The van der Waals surface area contributed by atoms with Crippen molar-refractivity contribution >= 4 is 0 Å². The largest absolute Gasteiger partial charge is 0.467 e. The standard InChI is InChI=1S/C8H12N2O/c1-5-6(2)9-8(11-4)10-7(5)3/h1-4H3. The predicted molar refractivity (Wildman–Crippen MR) is 42.8 cm³/mol. The van der Waals surface area contributed by atoms with Gasteiger partial charge in [-0.1, -0.05) is 0 Å². The van der Waals surface area contributed by atoms with E-state index in [0.717, 1.165) is 17.0 Å². The Hall–Kier alpha value is -1.12. The van der Waals surface area contributed by atoms with Crippen LogP contribution in [0.3, 0.4) is 0 Å². The second-order valence-corrected chi connectivity index (χ2v) is 2.51. The van der Waals surface area contributed by atoms with Crippen LogP contribution >= 0.6 is 0 Å². The highest BCUT2D eigenvalue weighted by atomic mass is 16.5. The molecule has 0 N–H and O–H groups in total. The van der Waals surface area contributed by atoms with Gasteiger partial charge in [0.25, 0.3) is 0 Å². The minimum Gasteiger partial charge on any atom is -0.467 e. The molecular weight excluding hydrogens is 140 g/mol. The Bertz CT molecular complexity index is 248. The maximum Gasteiger partial charge on any atom is 0.316 e. The van der Waals surface area contributed by atoms with Gasteiger partial charge >= 0.3 is 6.01 Å². The van der Waals surface area contributed by atoms with Crippen LogP contribution in [0.1, 0.15) is 17.0 Å². The summed E-state index contributed by atoms with van der Waals surface area (Å²) in [6.45, 7) is 5.91. The van der Waals surface area contributed by atoms with Gasteiger partial charge in [0, 0.05) is 11.4 Å². The van der Waals surface area contributed by atoms with Crippen LogP contribution in [0.15, 0.2) is 0 Å². The molecule has 1 aromatic rings. The van der Waals surface area contributed by atoms with Crippen molar-refractivity contribution in [1.82, 2.24) is 9.97 Å². The molecule has 1 rings (SSSR count). The molecule has 1 aromatic heterocycles. The molecule has 0 radical (unpaired) electrons. The lowest BCUT2D eigenvalue weighted by atomic mass is 10.2. The molecule has 11 heavy (non-hydrogen) atoms. The molecule has 0 aliphatic heterocycles. The molecule has 0 atom stereocenters. The van der Waals surface area contributed by atoms with Crippen molar-refractivity contribution in [3.63, 3.8) is 0 Å². The zero-order valence-corrected chi connectivity index (χ0v) is 7.30. The minimum absolute atomic E-state index is 0.450. The first-order valence-corrected chi connectivity index (χ1v) is 3.51. The molecule has 0 spiro atoms. The van der Waals surface area contributed by atoms with Gasteiger partial charge in [-0.15, -0.1) is 0 Å². The first-order valence-electron chi connectivity index (χ1n) is 3.51. The van der Waals surface area contributed by atoms with E-state index in [1.807, 2.05) is 20.8 Å². The fourth-order valence-electron chi connectivity index (χ4n) is 0.833. The number of rotatable bonds is 1. The van der Waals surface area contributed by atoms with Gasteiger partial charge in [-0.2, -0.15) is 0 Å². The number of aromatic nitrogens is 2. The lowest BCUT2D eigenvalue weighted by Gasteiger charge is -2.04. The lowest BCUT2D eigenvalue weighted by molar-refractivity contribution is 0.377. The molecule has 0 fully saturated rings. The maximum absolute atomic E-state index is 4.91. The van der Waals surface area contributed by atoms with Crippen molar-refractivity contribution in [3.8, 4) is 6.01 Å². The highest BCUT2D eigenvalue weighted by Crippen LogP contribution is 2.11. The average molecular weight is 152 g/mol. The Morgan fingerprint density at radius 3 is 1.82 bits per heavy atom. The van der Waals surface area contributed by atoms with Gasteiger partial charge in [0.2, 0.25) is 0 Å². The third-order valence-corrected chi connectivity index (χ3v) is 1.79. The summed E-state index contributed by atoms with van der Waals surface area (Å²) < 4.78 is 4.91. The van der Waals surface area contributed by atoms with Gasteiger partial charge in [-0.05, 0) is 26.3 Å². The van der Waals surface area contributed by atoms with Gasteiger partial charge in [-0.3, -0.25) is 0 Å². The van der Waals surface area contributed by atoms with Gasteiger partial charge in [0.1, 0.15) is 0 Å². The molecule has 0 bridgehead atoms. The van der Waals surface area contributed by atoms with Crippen LogP contribution in [0.5, 0.6) is 6.01 Å². The number of methoxy groups -OCH3 is 1. The van der Waals surface area contributed by atoms with Crippen molar-refractivity contribution in [1.29, 1.82) is 0 Å². The normalized spacial score (nSPS) is 9.82. The van der Waals surface area contributed by atoms with E-state index in [-0.39, 0.29) is 0 Å². The van der Waals surface area contributed by atoms with E-state index in [1.54, 1.807) is 7.11 Å². The lowest BCUT2D eigenvalue weighted by Crippen LogP contribution is -1.99. The summed E-state index contributed by atoms with van der Waals surface area (Å²) in [6.07, 6.45) is 0. The van der Waals surface area contributed by atoms with E-state index < -0.39 is 0 Å². The summed E-state index contributed by atoms with van der Waals surface area (Å²) in [5.74, 6) is 0. The van der Waals surface area contributed by atoms with Crippen LogP contribution in [0.25, 0.3) is 0 Å². The zero-order valence-electron chi connectivity index (χ0n) is 7.30. The molecule has 3 heteroatoms. The van der Waals surface area contributed by atoms with Gasteiger partial charge in [0.15, 0.2) is 0 Å². The third-order valence-electron chi connectivity index (χ3n) is 1.79. The first-order chi connectivity index (χ1) is 5.15. The molecule has 0 saturated heterocycles. The third kappa shape index (κ3) is 1.48. The number of ether oxygens (including phenoxy) is 1. The van der Waals surface area contributed by atoms with Crippen LogP contribution in [0.2, 0.25) is 0 Å². The quantitative estimate of drug-likeness (QED) is 0.610. The summed E-state index contributed by atoms with van der Waals surface area (Å²) >= 11 is 0. The van der Waals surface area contributed by atoms with E-state index in [1.165, 1.54) is 0 Å². The van der Waals surface area contributed by atoms with Crippen molar-refractivity contribution in [3.05, 3.63) is 17.0 Å². The van der Waals surface area contributed by atoms with Crippen LogP contribution in [-0.2, 0) is 0 Å². The summed E-state index contributed by atoms with van der Waals surface area (Å²) in [6, 6.07) is 0.450. The monoisotopic (exact) mass is 152 g/mol. The van der Waals surface area contributed by atoms with E-state index in [2.05, 4.69) is 9.97 Å². The summed E-state index contributed by atoms with van der Waals surface area (Å²) in [4.78, 5) is 8.24. The summed E-state index contributed by atoms with van der Waals surface area (Å²) in [7, 11) is 1.57. The molecule has 0 amide bonds. The Morgan fingerprint density at radius 1 is 1.00 bits per heavy atom. The fraction of sp³-hybridized carbons (Fsp3) is 0.500. The number of aryl methyl sites for hydroxylation is 2. The van der Waals surface area contributed by atoms with Crippen molar-refractivity contribution < 1.29 is 4.74 Å². The van der Waals surface area contributed by atoms with E-state index in [0.29, 0.717) is 6.01 Å². The Morgan fingerprint density at radius 2 is 1.45 bits per heavy atom. The van der Waals surface area contributed by atoms with Gasteiger partial charge in [0.05, 0.1) is 7.11 Å². The smallest absolute Gasteiger partial charge is 0.316 e. The molecule has 0 aromatic carbocycles. The van der Waals surface area contributed by atoms with Gasteiger partial charge in [-0.25, -0.2) is 9.97 Å². The van der Waals surface area contributed by atoms with E-state index in [4.69, 9.17) is 4.74 Å². The average Bonchev–Trinajstić information content (AvgIpc) is 1.99. The maximum atomic E-state index is 4.91. The number of hydrogen-bond donors (Lipinski definition) is 0. The zero-order chi connectivity index (χ0) is 8.43. The molecule has 0 aliphatic carbocycles. The summed E-state index contributed by atoms with van der Waals surface area (Å²) in [5.41, 5.74) is 3.09. The molecule has 3 nitrogen and oxygen atoms in total. The molecule has 0 aliphatic rings. The molecular formula is C8H12N2O. The second-order valence-electron chi connectivity index (χ2n) is 2.51. The number of hydrogen-bond acceptors (Lipinski definition) is 3. The fourth-order valence-corrected chi connectivity index (χ4v) is 0.833. The van der Waals surface area contributed by atoms with Crippen LogP contribution in [-0.4, -0.2) is 17.1 Å². The van der Waals surface area contributed by atoms with Crippen molar-refractivity contribution in [2.75, 3.05) is 7.11 Å². The van der Waals surface area contributed by atoms with E-state index >= 15 is 0 Å². The van der Waals surface area contributed by atoms with Crippen molar-refractivity contribution in [2.24, 2.45) is 0 Å². The topological polar surface area (TPSA) is 35.0 Å². The highest BCUT2D eigenvalue weighted by Gasteiger charge is 2.02. The second kappa shape index (κ2) is 2.86. The van der Waals surface area contributed by atoms with Crippen LogP contribution < -0.4 is 4.74 Å². The van der Waals surface area contributed by atoms with Crippen molar-refractivity contribution in [2.45, 2.75) is 20.8 Å². The Kier molecular flexibility index (Phi) is 2.08. The Balaban J connectivity index is 3.21. The predicted octanol–water partition coefficient (Wildman–Crippen LogP) is 1.41. The first kappa shape index (κ1) is 7.98. The van der Waals surface area contributed by atoms with Crippen LogP contribution in [0.4, 0.5) is 0 Å². The molecule has 0 unspecified atom stereocenters. The Labute approximate surface area is 66.4 Å². The van der Waals surface area contributed by atoms with Crippen LogP contribution in [0, 0.1) is 20.8 Å². The highest BCUT2D eigenvalue weighted by molar-refractivity contribution is 5.23. The molecule has 60 valence electrons.